The molecule has 2 N–H and O–H groups in total. The molecule has 104 valence electrons. The van der Waals surface area contributed by atoms with Crippen LogP contribution in [0.15, 0.2) is 53.4 Å². The van der Waals surface area contributed by atoms with Gasteiger partial charge in [0, 0.05) is 16.6 Å². The summed E-state index contributed by atoms with van der Waals surface area (Å²) in [6, 6.07) is 14.0. The molecule has 4 nitrogen and oxygen atoms in total. The molecule has 0 aromatic heterocycles. The van der Waals surface area contributed by atoms with Crippen LogP contribution >= 0.6 is 11.8 Å². The highest BCUT2D eigenvalue weighted by molar-refractivity contribution is 8.00. The van der Waals surface area contributed by atoms with Gasteiger partial charge in [-0.3, -0.25) is 4.79 Å². The normalized spacial score (nSPS) is 10.1. The van der Waals surface area contributed by atoms with Crippen LogP contribution in [0.5, 0.6) is 11.5 Å². The van der Waals surface area contributed by atoms with Crippen LogP contribution in [0.3, 0.4) is 0 Å². The molecule has 0 atom stereocenters. The molecule has 0 unspecified atom stereocenters. The minimum Gasteiger partial charge on any atom is -0.508 e. The molecule has 1 amide bonds. The molecule has 0 spiro atoms. The molecule has 0 aliphatic carbocycles. The maximum Gasteiger partial charge on any atom is 0.234 e. The van der Waals surface area contributed by atoms with Crippen LogP contribution in [-0.4, -0.2) is 23.9 Å². The van der Waals surface area contributed by atoms with Crippen LogP contribution < -0.4 is 10.1 Å². The number of methoxy groups -OCH3 is 1. The molecule has 20 heavy (non-hydrogen) atoms. The average Bonchev–Trinajstić information content (AvgIpc) is 2.47. The summed E-state index contributed by atoms with van der Waals surface area (Å²) in [6.07, 6.45) is 0. The number of amides is 1. The Morgan fingerprint density at radius 2 is 2.00 bits per heavy atom. The summed E-state index contributed by atoms with van der Waals surface area (Å²) < 4.78 is 5.10. The highest BCUT2D eigenvalue weighted by Gasteiger charge is 2.04. The topological polar surface area (TPSA) is 58.6 Å². The van der Waals surface area contributed by atoms with E-state index in [2.05, 4.69) is 5.32 Å². The van der Waals surface area contributed by atoms with Crippen LogP contribution in [0, 0.1) is 0 Å². The van der Waals surface area contributed by atoms with Crippen molar-refractivity contribution in [3.05, 3.63) is 48.5 Å². The van der Waals surface area contributed by atoms with Crippen molar-refractivity contribution in [2.24, 2.45) is 0 Å². The number of aromatic hydroxyl groups is 1. The first-order valence-corrected chi connectivity index (χ1v) is 7.01. The molecule has 0 saturated heterocycles. The van der Waals surface area contributed by atoms with Crippen LogP contribution in [-0.2, 0) is 4.79 Å². The number of nitrogens with one attached hydrogen (secondary N) is 1. The third kappa shape index (κ3) is 4.20. The summed E-state index contributed by atoms with van der Waals surface area (Å²) in [4.78, 5) is 12.8. The Kier molecular flexibility index (Phi) is 4.90. The van der Waals surface area contributed by atoms with E-state index < -0.39 is 0 Å². The van der Waals surface area contributed by atoms with Gasteiger partial charge >= 0.3 is 0 Å². The number of thioether (sulfide) groups is 1. The van der Waals surface area contributed by atoms with E-state index in [1.54, 1.807) is 37.4 Å². The highest BCUT2D eigenvalue weighted by Crippen LogP contribution is 2.21. The number of ether oxygens (including phenoxy) is 1. The number of rotatable bonds is 5. The summed E-state index contributed by atoms with van der Waals surface area (Å²) >= 11 is 1.41. The summed E-state index contributed by atoms with van der Waals surface area (Å²) in [6.45, 7) is 0. The molecular formula is C15H15NO3S. The van der Waals surface area contributed by atoms with Crippen molar-refractivity contribution in [2.45, 2.75) is 4.90 Å². The maximum absolute atomic E-state index is 11.8. The van der Waals surface area contributed by atoms with Gasteiger partial charge in [0.05, 0.1) is 12.9 Å². The minimum absolute atomic E-state index is 0.0867. The van der Waals surface area contributed by atoms with Gasteiger partial charge in [-0.15, -0.1) is 11.8 Å². The Balaban J connectivity index is 1.87. The van der Waals surface area contributed by atoms with Gasteiger partial charge in [0.15, 0.2) is 0 Å². The molecule has 0 aliphatic rings. The molecule has 2 aromatic rings. The Labute approximate surface area is 121 Å². The Morgan fingerprint density at radius 3 is 2.70 bits per heavy atom. The van der Waals surface area contributed by atoms with Crippen LogP contribution in [0.25, 0.3) is 0 Å². The van der Waals surface area contributed by atoms with Crippen LogP contribution in [0.4, 0.5) is 5.69 Å². The SMILES string of the molecule is COc1cccc(NC(=O)CSc2ccc(O)cc2)c1. The summed E-state index contributed by atoms with van der Waals surface area (Å²) in [5, 5.41) is 12.0. The molecule has 2 rings (SSSR count). The number of benzene rings is 2. The molecular weight excluding hydrogens is 274 g/mol. The fourth-order valence-corrected chi connectivity index (χ4v) is 2.29. The quantitative estimate of drug-likeness (QED) is 0.830. The monoisotopic (exact) mass is 289 g/mol. The van der Waals surface area contributed by atoms with Crippen molar-refractivity contribution < 1.29 is 14.6 Å². The van der Waals surface area contributed by atoms with E-state index in [1.165, 1.54) is 11.8 Å². The lowest BCUT2D eigenvalue weighted by Crippen LogP contribution is -2.13. The first-order valence-electron chi connectivity index (χ1n) is 6.03. The molecule has 0 bridgehead atoms. The average molecular weight is 289 g/mol. The second kappa shape index (κ2) is 6.86. The number of phenolic OH excluding ortho intramolecular Hbond substituents is 1. The first kappa shape index (κ1) is 14.3. The molecule has 0 radical (unpaired) electrons. The fourth-order valence-electron chi connectivity index (χ4n) is 1.59. The minimum atomic E-state index is -0.0867. The predicted octanol–water partition coefficient (Wildman–Crippen LogP) is 3.13. The van der Waals surface area contributed by atoms with Crippen molar-refractivity contribution >= 4 is 23.4 Å². The van der Waals surface area contributed by atoms with Gasteiger partial charge in [0.1, 0.15) is 11.5 Å². The van der Waals surface area contributed by atoms with Crippen molar-refractivity contribution in [1.82, 2.24) is 0 Å². The second-order valence-corrected chi connectivity index (χ2v) is 5.11. The van der Waals surface area contributed by atoms with Crippen molar-refractivity contribution in [3.63, 3.8) is 0 Å². The van der Waals surface area contributed by atoms with Crippen LogP contribution in [0.1, 0.15) is 0 Å². The molecule has 5 heteroatoms. The lowest BCUT2D eigenvalue weighted by molar-refractivity contribution is -0.113. The van der Waals surface area contributed by atoms with Crippen molar-refractivity contribution in [1.29, 1.82) is 0 Å². The van der Waals surface area contributed by atoms with Gasteiger partial charge < -0.3 is 15.2 Å². The lowest BCUT2D eigenvalue weighted by Gasteiger charge is -2.07. The van der Waals surface area contributed by atoms with E-state index in [0.717, 1.165) is 4.90 Å². The highest BCUT2D eigenvalue weighted by atomic mass is 32.2. The van der Waals surface area contributed by atoms with E-state index in [9.17, 15) is 9.90 Å². The van der Waals surface area contributed by atoms with Crippen LogP contribution in [0.2, 0.25) is 0 Å². The summed E-state index contributed by atoms with van der Waals surface area (Å²) in [5.41, 5.74) is 0.709. The predicted molar refractivity (Wildman–Crippen MR) is 80.5 cm³/mol. The zero-order valence-electron chi connectivity index (χ0n) is 11.0. The van der Waals surface area contributed by atoms with Gasteiger partial charge in [0.25, 0.3) is 0 Å². The third-order valence-corrected chi connectivity index (χ3v) is 3.57. The van der Waals surface area contributed by atoms with Gasteiger partial charge in [0.2, 0.25) is 5.91 Å². The Bertz CT molecular complexity index is 584. The van der Waals surface area contributed by atoms with Gasteiger partial charge in [-0.05, 0) is 36.4 Å². The van der Waals surface area contributed by atoms with E-state index in [4.69, 9.17) is 4.74 Å². The number of phenols is 1. The molecule has 0 heterocycles. The van der Waals surface area contributed by atoms with E-state index in [1.807, 2.05) is 18.2 Å². The number of carbonyl (C=O) groups excluding carboxylic acids is 1. The van der Waals surface area contributed by atoms with E-state index >= 15 is 0 Å². The van der Waals surface area contributed by atoms with E-state index in [0.29, 0.717) is 17.2 Å². The molecule has 0 aliphatic heterocycles. The Hall–Kier alpha value is -2.14. The van der Waals surface area contributed by atoms with Gasteiger partial charge in [-0.25, -0.2) is 0 Å². The largest absolute Gasteiger partial charge is 0.508 e. The zero-order chi connectivity index (χ0) is 14.4. The van der Waals surface area contributed by atoms with Crippen molar-refractivity contribution in [3.8, 4) is 11.5 Å². The number of anilines is 1. The number of hydrogen-bond donors (Lipinski definition) is 2. The standard InChI is InChI=1S/C15H15NO3S/c1-19-13-4-2-3-11(9-13)16-15(18)10-20-14-7-5-12(17)6-8-14/h2-9,17H,10H2,1H3,(H,16,18). The zero-order valence-corrected chi connectivity index (χ0v) is 11.8. The van der Waals surface area contributed by atoms with Gasteiger partial charge in [-0.1, -0.05) is 6.07 Å². The molecule has 0 fully saturated rings. The van der Waals surface area contributed by atoms with E-state index in [-0.39, 0.29) is 11.7 Å². The number of hydrogen-bond acceptors (Lipinski definition) is 4. The Morgan fingerprint density at radius 1 is 1.25 bits per heavy atom. The number of carbonyl (C=O) groups is 1. The maximum atomic E-state index is 11.8. The summed E-state index contributed by atoms with van der Waals surface area (Å²) in [7, 11) is 1.58. The smallest absolute Gasteiger partial charge is 0.234 e. The first-order chi connectivity index (χ1) is 9.67. The summed E-state index contributed by atoms with van der Waals surface area (Å²) in [5.74, 6) is 1.14. The lowest BCUT2D eigenvalue weighted by atomic mass is 10.3. The fraction of sp³-hybridized carbons (Fsp3) is 0.133. The third-order valence-electron chi connectivity index (χ3n) is 2.56. The van der Waals surface area contributed by atoms with Crippen molar-refractivity contribution in [2.75, 3.05) is 18.2 Å². The second-order valence-electron chi connectivity index (χ2n) is 4.06. The molecule has 2 aromatic carbocycles. The molecule has 0 saturated carbocycles. The van der Waals surface area contributed by atoms with Gasteiger partial charge in [-0.2, -0.15) is 0 Å².